The number of benzene rings is 1. The summed E-state index contributed by atoms with van der Waals surface area (Å²) in [4.78, 5) is 0. The second kappa shape index (κ2) is 7.22. The van der Waals surface area contributed by atoms with E-state index < -0.39 is 5.82 Å². The molecule has 1 aromatic heterocycles. The molecule has 2 heterocycles. The maximum atomic E-state index is 13.9. The summed E-state index contributed by atoms with van der Waals surface area (Å²) in [5.41, 5.74) is 3.60. The van der Waals surface area contributed by atoms with Crippen molar-refractivity contribution < 1.29 is 13.5 Å². The van der Waals surface area contributed by atoms with Gasteiger partial charge in [0.05, 0.1) is 11.8 Å². The Labute approximate surface area is 147 Å². The Balaban J connectivity index is 1.71. The molecule has 0 aliphatic carbocycles. The van der Waals surface area contributed by atoms with E-state index in [4.69, 9.17) is 4.74 Å². The molecule has 1 aliphatic heterocycles. The number of nitrogens with zero attached hydrogens (tertiary/aromatic N) is 2. The highest BCUT2D eigenvalue weighted by atomic mass is 19.1. The lowest BCUT2D eigenvalue weighted by molar-refractivity contribution is 0.0888. The quantitative estimate of drug-likeness (QED) is 0.894. The second-order valence-corrected chi connectivity index (χ2v) is 6.84. The molecule has 0 amide bonds. The Morgan fingerprint density at radius 3 is 2.80 bits per heavy atom. The van der Waals surface area contributed by atoms with Crippen LogP contribution in [0.25, 0.3) is 0 Å². The highest BCUT2D eigenvalue weighted by molar-refractivity contribution is 5.28. The summed E-state index contributed by atoms with van der Waals surface area (Å²) >= 11 is 0. The van der Waals surface area contributed by atoms with Crippen LogP contribution in [0.5, 0.6) is 0 Å². The van der Waals surface area contributed by atoms with E-state index in [1.807, 2.05) is 32.5 Å². The van der Waals surface area contributed by atoms with Crippen molar-refractivity contribution in [2.45, 2.75) is 39.3 Å². The third kappa shape index (κ3) is 3.60. The summed E-state index contributed by atoms with van der Waals surface area (Å²) in [5, 5.41) is 7.82. The Bertz CT molecular complexity index is 759. The van der Waals surface area contributed by atoms with E-state index in [0.29, 0.717) is 18.7 Å². The topological polar surface area (TPSA) is 39.1 Å². The molecule has 0 spiro atoms. The van der Waals surface area contributed by atoms with Crippen molar-refractivity contribution >= 4 is 0 Å². The molecule has 3 atom stereocenters. The lowest BCUT2D eigenvalue weighted by Crippen LogP contribution is -2.28. The first kappa shape index (κ1) is 18.0. The number of hydrogen-bond donors (Lipinski definition) is 1. The second-order valence-electron chi connectivity index (χ2n) is 6.84. The highest BCUT2D eigenvalue weighted by Gasteiger charge is 2.33. The van der Waals surface area contributed by atoms with E-state index in [1.165, 1.54) is 12.1 Å². The normalized spacial score (nSPS) is 21.7. The Morgan fingerprint density at radius 1 is 1.36 bits per heavy atom. The van der Waals surface area contributed by atoms with Gasteiger partial charge in [0.1, 0.15) is 11.6 Å². The summed E-state index contributed by atoms with van der Waals surface area (Å²) in [5.74, 6) is -0.533. The minimum absolute atomic E-state index is 0.00856. The number of hydrogen-bond acceptors (Lipinski definition) is 3. The van der Waals surface area contributed by atoms with E-state index in [9.17, 15) is 8.78 Å². The van der Waals surface area contributed by atoms with Crippen molar-refractivity contribution in [1.29, 1.82) is 0 Å². The van der Waals surface area contributed by atoms with Crippen LogP contribution in [0.1, 0.15) is 48.0 Å². The highest BCUT2D eigenvalue weighted by Crippen LogP contribution is 2.37. The molecule has 3 unspecified atom stereocenters. The summed E-state index contributed by atoms with van der Waals surface area (Å²) in [7, 11) is 1.93. The van der Waals surface area contributed by atoms with Crippen LogP contribution in [-0.4, -0.2) is 22.9 Å². The zero-order chi connectivity index (χ0) is 18.1. The fraction of sp³-hybridized carbons (Fsp3) is 0.526. The molecule has 25 heavy (non-hydrogen) atoms. The van der Waals surface area contributed by atoms with E-state index in [1.54, 1.807) is 0 Å². The van der Waals surface area contributed by atoms with Crippen LogP contribution in [0.3, 0.4) is 0 Å². The zero-order valence-corrected chi connectivity index (χ0v) is 15.1. The summed E-state index contributed by atoms with van der Waals surface area (Å²) in [6.45, 7) is 7.28. The van der Waals surface area contributed by atoms with Gasteiger partial charge in [0.25, 0.3) is 0 Å². The van der Waals surface area contributed by atoms with Gasteiger partial charge in [-0.05, 0) is 45.4 Å². The molecule has 3 rings (SSSR count). The van der Waals surface area contributed by atoms with Gasteiger partial charge in [0.2, 0.25) is 0 Å². The molecule has 0 bridgehead atoms. The molecule has 0 saturated carbocycles. The Kier molecular flexibility index (Phi) is 5.20. The minimum Gasteiger partial charge on any atom is -0.373 e. The van der Waals surface area contributed by atoms with Gasteiger partial charge in [-0.15, -0.1) is 0 Å². The van der Waals surface area contributed by atoms with E-state index >= 15 is 0 Å². The lowest BCUT2D eigenvalue weighted by Gasteiger charge is -2.22. The summed E-state index contributed by atoms with van der Waals surface area (Å²) in [6.07, 6.45) is 0.926. The van der Waals surface area contributed by atoms with Gasteiger partial charge < -0.3 is 10.1 Å². The smallest absolute Gasteiger partial charge is 0.128 e. The van der Waals surface area contributed by atoms with Gasteiger partial charge in [0.15, 0.2) is 0 Å². The van der Waals surface area contributed by atoms with Crippen LogP contribution < -0.4 is 5.32 Å². The van der Waals surface area contributed by atoms with Gasteiger partial charge in [-0.2, -0.15) is 5.10 Å². The van der Waals surface area contributed by atoms with Crippen LogP contribution in [0, 0.1) is 31.4 Å². The fourth-order valence-corrected chi connectivity index (χ4v) is 3.65. The number of nitrogens with one attached hydrogen (secondary N) is 1. The Morgan fingerprint density at radius 2 is 2.12 bits per heavy atom. The number of halogens is 2. The van der Waals surface area contributed by atoms with Crippen molar-refractivity contribution in [3.05, 3.63) is 52.3 Å². The first-order valence-corrected chi connectivity index (χ1v) is 8.68. The number of aryl methyl sites for hydroxylation is 2. The standard InChI is InChI=1S/C19H25F2N3O/c1-11(16-9-15(20)5-6-17(16)21)22-10-14-7-8-25-19(14)18-12(2)23-24(4)13(18)3/h5-6,9,11,14,19,22H,7-8,10H2,1-4H3. The molecule has 1 N–H and O–H groups in total. The van der Waals surface area contributed by atoms with Gasteiger partial charge in [0, 0.05) is 49.0 Å². The van der Waals surface area contributed by atoms with E-state index in [-0.39, 0.29) is 23.9 Å². The van der Waals surface area contributed by atoms with Crippen LogP contribution in [0.2, 0.25) is 0 Å². The van der Waals surface area contributed by atoms with Crippen molar-refractivity contribution in [2.24, 2.45) is 13.0 Å². The SMILES string of the molecule is Cc1nn(C)c(C)c1C1OCCC1CNC(C)c1cc(F)ccc1F. The largest absolute Gasteiger partial charge is 0.373 e. The minimum atomic E-state index is -0.422. The Hall–Kier alpha value is -1.79. The number of rotatable bonds is 5. The lowest BCUT2D eigenvalue weighted by atomic mass is 9.93. The van der Waals surface area contributed by atoms with Crippen LogP contribution in [0.15, 0.2) is 18.2 Å². The van der Waals surface area contributed by atoms with Crippen molar-refractivity contribution in [1.82, 2.24) is 15.1 Å². The first-order chi connectivity index (χ1) is 11.9. The van der Waals surface area contributed by atoms with Crippen LogP contribution >= 0.6 is 0 Å². The third-order valence-electron chi connectivity index (χ3n) is 5.17. The van der Waals surface area contributed by atoms with Crippen LogP contribution in [0.4, 0.5) is 8.78 Å². The molecule has 1 fully saturated rings. The number of aromatic nitrogens is 2. The predicted octanol–water partition coefficient (Wildman–Crippen LogP) is 3.74. The third-order valence-corrected chi connectivity index (χ3v) is 5.17. The summed E-state index contributed by atoms with van der Waals surface area (Å²) in [6, 6.07) is 3.30. The van der Waals surface area contributed by atoms with Crippen molar-refractivity contribution in [3.63, 3.8) is 0 Å². The molecule has 4 nitrogen and oxygen atoms in total. The van der Waals surface area contributed by atoms with Gasteiger partial charge >= 0.3 is 0 Å². The molecule has 2 aromatic rings. The molecule has 1 aromatic carbocycles. The van der Waals surface area contributed by atoms with Crippen molar-refractivity contribution in [3.8, 4) is 0 Å². The van der Waals surface area contributed by atoms with Gasteiger partial charge in [-0.1, -0.05) is 0 Å². The molecular formula is C19H25F2N3O. The monoisotopic (exact) mass is 349 g/mol. The van der Waals surface area contributed by atoms with Gasteiger partial charge in [-0.3, -0.25) is 4.68 Å². The molecular weight excluding hydrogens is 324 g/mol. The molecule has 1 saturated heterocycles. The van der Waals surface area contributed by atoms with Crippen molar-refractivity contribution in [2.75, 3.05) is 13.2 Å². The average molecular weight is 349 g/mol. The summed E-state index contributed by atoms with van der Waals surface area (Å²) < 4.78 is 35.2. The number of ether oxygens (including phenoxy) is 1. The predicted molar refractivity (Wildman–Crippen MR) is 92.3 cm³/mol. The molecule has 0 radical (unpaired) electrons. The zero-order valence-electron chi connectivity index (χ0n) is 15.1. The van der Waals surface area contributed by atoms with E-state index in [2.05, 4.69) is 10.4 Å². The first-order valence-electron chi connectivity index (χ1n) is 8.68. The molecule has 136 valence electrons. The molecule has 1 aliphatic rings. The maximum Gasteiger partial charge on any atom is 0.128 e. The van der Waals surface area contributed by atoms with Gasteiger partial charge in [-0.25, -0.2) is 8.78 Å². The fourth-order valence-electron chi connectivity index (χ4n) is 3.65. The van der Waals surface area contributed by atoms with E-state index in [0.717, 1.165) is 29.4 Å². The molecule has 6 heteroatoms. The average Bonchev–Trinajstić information content (AvgIpc) is 3.12. The maximum absolute atomic E-state index is 13.9. The van der Waals surface area contributed by atoms with Crippen LogP contribution in [-0.2, 0) is 11.8 Å².